The number of aromatic nitrogens is 2. The number of methoxy groups -OCH3 is 1. The number of carbonyl (C=O) groups excluding carboxylic acids is 3. The fraction of sp³-hybridized carbons (Fsp3) is 0.513. The van der Waals surface area contributed by atoms with Crippen molar-refractivity contribution in [2.24, 2.45) is 17.3 Å². The van der Waals surface area contributed by atoms with Gasteiger partial charge in [-0.05, 0) is 80.2 Å². The van der Waals surface area contributed by atoms with E-state index >= 15 is 0 Å². The van der Waals surface area contributed by atoms with Gasteiger partial charge in [-0.25, -0.2) is 14.6 Å². The Morgan fingerprint density at radius 3 is 2.52 bits per heavy atom. The van der Waals surface area contributed by atoms with Crippen molar-refractivity contribution in [2.45, 2.75) is 102 Å². The average molecular weight is 779 g/mol. The smallest absolute Gasteiger partial charge is 0.465 e. The predicted molar refractivity (Wildman–Crippen MR) is 201 cm³/mol. The molecule has 3 heterocycles. The van der Waals surface area contributed by atoms with Gasteiger partial charge in [0.1, 0.15) is 17.6 Å². The summed E-state index contributed by atoms with van der Waals surface area (Å²) in [5.74, 6) is -0.843. The fourth-order valence-corrected chi connectivity index (χ4v) is 9.07. The van der Waals surface area contributed by atoms with Crippen LogP contribution in [0.5, 0.6) is 0 Å². The Morgan fingerprint density at radius 1 is 1.07 bits per heavy atom. The Kier molecular flexibility index (Phi) is 10.0. The number of fused-ring (bicyclic) bond motifs is 1. The molecule has 5 aliphatic rings. The number of amides is 3. The molecule has 1 aromatic heterocycles. The van der Waals surface area contributed by atoms with Crippen molar-refractivity contribution < 1.29 is 41.6 Å². The summed E-state index contributed by atoms with van der Waals surface area (Å²) in [6.45, 7) is 9.98. The molecule has 7 atom stereocenters. The second kappa shape index (κ2) is 14.2. The summed E-state index contributed by atoms with van der Waals surface area (Å²) in [6.07, 6.45) is -1.15. The van der Waals surface area contributed by atoms with Crippen molar-refractivity contribution in [3.8, 4) is 0 Å². The van der Waals surface area contributed by atoms with Crippen LogP contribution < -0.4 is 26.8 Å². The van der Waals surface area contributed by atoms with Crippen molar-refractivity contribution in [2.75, 3.05) is 17.7 Å². The molecule has 3 saturated carbocycles. The number of esters is 1. The molecule has 0 radical (unpaired) electrons. The fourth-order valence-electron chi connectivity index (χ4n) is 9.07. The first-order chi connectivity index (χ1) is 26.4. The first-order valence-corrected chi connectivity index (χ1v) is 18.8. The van der Waals surface area contributed by atoms with Gasteiger partial charge in [-0.3, -0.25) is 14.2 Å². The molecule has 13 nitrogen and oxygen atoms in total. The highest BCUT2D eigenvalue weighted by atomic mass is 19.4. The molecule has 1 saturated heterocycles. The van der Waals surface area contributed by atoms with E-state index in [0.717, 1.165) is 25.0 Å². The number of nitrogens with zero attached hydrogens (tertiary/aromatic N) is 2. The zero-order valence-electron chi connectivity index (χ0n) is 32.1. The van der Waals surface area contributed by atoms with E-state index in [2.05, 4.69) is 47.0 Å². The van der Waals surface area contributed by atoms with Crippen molar-refractivity contribution >= 4 is 36.4 Å². The number of alkyl halides is 3. The molecule has 3 aliphatic carbocycles. The van der Waals surface area contributed by atoms with Crippen LogP contribution >= 0.6 is 0 Å². The third-order valence-electron chi connectivity index (χ3n) is 12.3. The number of anilines is 2. The van der Waals surface area contributed by atoms with Crippen molar-refractivity contribution in [1.82, 2.24) is 20.2 Å². The topological polar surface area (TPSA) is 162 Å². The van der Waals surface area contributed by atoms with Crippen LogP contribution in [0.4, 0.5) is 29.3 Å². The first kappa shape index (κ1) is 39.3. The molecule has 3 unspecified atom stereocenters. The first-order valence-electron chi connectivity index (χ1n) is 18.8. The highest BCUT2D eigenvalue weighted by molar-refractivity contribution is 6.47. The van der Waals surface area contributed by atoms with Crippen molar-refractivity contribution in [3.63, 3.8) is 0 Å². The number of rotatable bonds is 10. The molecule has 17 heteroatoms. The molecule has 0 spiro atoms. The van der Waals surface area contributed by atoms with E-state index in [1.54, 1.807) is 19.1 Å². The third kappa shape index (κ3) is 6.92. The quantitative estimate of drug-likeness (QED) is 0.147. The summed E-state index contributed by atoms with van der Waals surface area (Å²) >= 11 is 0. The minimum atomic E-state index is -4.55. The maximum absolute atomic E-state index is 14.4. The maximum atomic E-state index is 14.4. The van der Waals surface area contributed by atoms with Gasteiger partial charge in [0, 0.05) is 13.0 Å². The molecule has 2 bridgehead atoms. The van der Waals surface area contributed by atoms with Gasteiger partial charge in [-0.2, -0.15) is 13.2 Å². The summed E-state index contributed by atoms with van der Waals surface area (Å²) in [4.78, 5) is 59.1. The van der Waals surface area contributed by atoms with Crippen molar-refractivity contribution in [1.29, 1.82) is 0 Å². The van der Waals surface area contributed by atoms with Crippen LogP contribution in [0.3, 0.4) is 0 Å². The summed E-state index contributed by atoms with van der Waals surface area (Å²) < 4.78 is 59.4. The number of para-hydroxylation sites is 1. The summed E-state index contributed by atoms with van der Waals surface area (Å²) in [5.41, 5.74) is -2.74. The van der Waals surface area contributed by atoms with Gasteiger partial charge >= 0.3 is 25.3 Å². The Labute approximate surface area is 322 Å². The molecule has 2 aliphatic heterocycles. The standard InChI is InChI=1S/C39H46BF3N6O7/c1-7-29(40-55-30-25-16-23(36(25,2)3)17-38(30,5)56-40)47-31(50)28-18-37(4,48-35(53)46-26-14-9-8-13-24(26)33(52)54-6)34-45-20-27(32(51)49(28)34)44-19-21-11-10-12-22(15-21)39(41,42)43/h8-15,20,23,25,28-30,44H,7,16-19H2,1-6H3,(H,47,50)(H2,46,48,53)/t23?,25?,28-,29-,30?,37+,38-/m0/s1. The highest BCUT2D eigenvalue weighted by Gasteiger charge is 2.67. The van der Waals surface area contributed by atoms with Gasteiger partial charge in [-0.15, -0.1) is 0 Å². The van der Waals surface area contributed by atoms with Crippen LogP contribution in [-0.4, -0.2) is 59.3 Å². The van der Waals surface area contributed by atoms with Gasteiger partial charge in [0.25, 0.3) is 5.56 Å². The minimum absolute atomic E-state index is 0.0576. The second-order valence-corrected chi connectivity index (χ2v) is 16.3. The lowest BCUT2D eigenvalue weighted by Crippen LogP contribution is -2.63. The van der Waals surface area contributed by atoms with Gasteiger partial charge in [-0.1, -0.05) is 45.0 Å². The van der Waals surface area contributed by atoms with E-state index in [1.165, 1.54) is 42.1 Å². The Morgan fingerprint density at radius 2 is 1.82 bits per heavy atom. The van der Waals surface area contributed by atoms with Crippen LogP contribution in [0, 0.1) is 17.3 Å². The van der Waals surface area contributed by atoms with E-state index in [-0.39, 0.29) is 52.8 Å². The van der Waals surface area contributed by atoms with Crippen LogP contribution in [0.1, 0.15) is 93.7 Å². The van der Waals surface area contributed by atoms with Crippen LogP contribution in [0.2, 0.25) is 0 Å². The maximum Gasteiger partial charge on any atom is 0.481 e. The number of halogens is 3. The van der Waals surface area contributed by atoms with Crippen LogP contribution in [0.25, 0.3) is 0 Å². The molecule has 3 aromatic rings. The minimum Gasteiger partial charge on any atom is -0.465 e. The lowest BCUT2D eigenvalue weighted by atomic mass is 9.45. The molecule has 298 valence electrons. The molecule has 4 fully saturated rings. The normalized spacial score (nSPS) is 27.6. The summed E-state index contributed by atoms with van der Waals surface area (Å²) in [5, 5.41) is 11.5. The van der Waals surface area contributed by atoms with Gasteiger partial charge in [0.05, 0.1) is 53.3 Å². The monoisotopic (exact) mass is 778 g/mol. The predicted octanol–water partition coefficient (Wildman–Crippen LogP) is 5.80. The molecular formula is C39H46BF3N6O7. The molecule has 3 amide bonds. The molecule has 4 N–H and O–H groups in total. The van der Waals surface area contributed by atoms with Gasteiger partial charge < -0.3 is 35.3 Å². The van der Waals surface area contributed by atoms with Gasteiger partial charge in [0.15, 0.2) is 0 Å². The highest BCUT2D eigenvalue weighted by Crippen LogP contribution is 2.64. The largest absolute Gasteiger partial charge is 0.481 e. The Hall–Kier alpha value is -4.90. The van der Waals surface area contributed by atoms with E-state index < -0.39 is 65.4 Å². The number of nitrogens with one attached hydrogen (secondary N) is 4. The lowest BCUT2D eigenvalue weighted by Gasteiger charge is -2.63. The number of carbonyl (C=O) groups is 3. The average Bonchev–Trinajstić information content (AvgIpc) is 3.67. The molecule has 56 heavy (non-hydrogen) atoms. The SMILES string of the molecule is CC[C@H](NC(=O)[C@@H]1C[C@@](C)(NC(=O)Nc2ccccc2C(=O)OC)c2ncc(NCc3cccc(C(F)(F)F)c3)c(=O)n21)B1OC2C3CC(C[C@]2(C)O1)C3(C)C. The zero-order valence-corrected chi connectivity index (χ0v) is 32.1. The van der Waals surface area contributed by atoms with Crippen LogP contribution in [0.15, 0.2) is 59.5 Å². The molecule has 2 aromatic carbocycles. The lowest BCUT2D eigenvalue weighted by molar-refractivity contribution is -0.185. The number of benzene rings is 2. The number of ether oxygens (including phenoxy) is 1. The summed E-state index contributed by atoms with van der Waals surface area (Å²) in [7, 11) is 0.493. The van der Waals surface area contributed by atoms with Crippen LogP contribution in [-0.2, 0) is 37.1 Å². The van der Waals surface area contributed by atoms with E-state index in [4.69, 9.17) is 14.0 Å². The van der Waals surface area contributed by atoms with Crippen molar-refractivity contribution in [3.05, 3.63) is 87.6 Å². The number of hydrogen-bond acceptors (Lipinski definition) is 9. The zero-order chi connectivity index (χ0) is 40.4. The molecular weight excluding hydrogens is 732 g/mol. The second-order valence-electron chi connectivity index (χ2n) is 16.3. The van der Waals surface area contributed by atoms with Gasteiger partial charge in [0.2, 0.25) is 5.91 Å². The van der Waals surface area contributed by atoms with E-state index in [1.807, 2.05) is 6.92 Å². The van der Waals surface area contributed by atoms with E-state index in [9.17, 15) is 32.3 Å². The number of urea groups is 1. The Balaban J connectivity index is 1.16. The Bertz CT molecular complexity index is 2120. The number of hydrogen-bond donors (Lipinski definition) is 4. The van der Waals surface area contributed by atoms with E-state index in [0.29, 0.717) is 18.3 Å². The third-order valence-corrected chi connectivity index (χ3v) is 12.3. The summed E-state index contributed by atoms with van der Waals surface area (Å²) in [6, 6.07) is 9.06. The molecule has 8 rings (SSSR count).